The molecule has 2 nitrogen and oxygen atoms in total. The lowest BCUT2D eigenvalue weighted by atomic mass is 10.4. The van der Waals surface area contributed by atoms with Crippen LogP contribution in [0.2, 0.25) is 0 Å². The second kappa shape index (κ2) is 3.62. The van der Waals surface area contributed by atoms with Crippen LogP contribution in [-0.2, 0) is 6.42 Å². The number of aromatic nitrogens is 1. The lowest BCUT2D eigenvalue weighted by Gasteiger charge is -1.86. The Balaban J connectivity index is 2.73. The van der Waals surface area contributed by atoms with Crippen LogP contribution in [0.4, 0.5) is 0 Å². The van der Waals surface area contributed by atoms with E-state index in [4.69, 9.17) is 0 Å². The molecule has 0 atom stereocenters. The third-order valence-electron chi connectivity index (χ3n) is 1.36. The first-order valence-electron chi connectivity index (χ1n) is 3.69. The van der Waals surface area contributed by atoms with Crippen molar-refractivity contribution < 1.29 is 4.79 Å². The van der Waals surface area contributed by atoms with Crippen molar-refractivity contribution in [3.05, 3.63) is 16.1 Å². The zero-order valence-electron chi connectivity index (χ0n) is 6.76. The van der Waals surface area contributed by atoms with E-state index in [1.54, 1.807) is 13.1 Å². The van der Waals surface area contributed by atoms with Gasteiger partial charge in [-0.25, -0.2) is 4.98 Å². The van der Waals surface area contributed by atoms with Crippen LogP contribution in [0, 0.1) is 0 Å². The highest BCUT2D eigenvalue weighted by atomic mass is 32.1. The smallest absolute Gasteiger partial charge is 0.171 e. The number of hydrogen-bond acceptors (Lipinski definition) is 3. The van der Waals surface area contributed by atoms with Crippen molar-refractivity contribution in [1.82, 2.24) is 4.98 Å². The fourth-order valence-corrected chi connectivity index (χ4v) is 1.72. The van der Waals surface area contributed by atoms with E-state index in [2.05, 4.69) is 11.9 Å². The minimum Gasteiger partial charge on any atom is -0.294 e. The molecule has 0 bridgehead atoms. The Bertz CT molecular complexity index is 254. The molecule has 60 valence electrons. The number of carbonyl (C=O) groups excluding carboxylic acids is 1. The Morgan fingerprint density at radius 1 is 1.73 bits per heavy atom. The molecule has 0 aliphatic heterocycles. The summed E-state index contributed by atoms with van der Waals surface area (Å²) >= 11 is 1.50. The molecule has 0 spiro atoms. The monoisotopic (exact) mass is 169 g/mol. The number of aryl methyl sites for hydroxylation is 1. The molecule has 0 saturated heterocycles. The lowest BCUT2D eigenvalue weighted by molar-refractivity contribution is 0.102. The number of nitrogens with zero attached hydrogens (tertiary/aromatic N) is 1. The molecule has 0 aliphatic carbocycles. The third-order valence-corrected chi connectivity index (χ3v) is 2.52. The van der Waals surface area contributed by atoms with Crippen LogP contribution >= 0.6 is 11.3 Å². The van der Waals surface area contributed by atoms with Crippen LogP contribution in [-0.4, -0.2) is 10.8 Å². The summed E-state index contributed by atoms with van der Waals surface area (Å²) in [6.45, 7) is 3.68. The van der Waals surface area contributed by atoms with E-state index >= 15 is 0 Å². The molecule has 0 aliphatic rings. The number of Topliss-reactive ketones (excluding diaryl/α,β-unsaturated/α-hetero) is 1. The molecule has 0 radical (unpaired) electrons. The van der Waals surface area contributed by atoms with Gasteiger partial charge in [-0.3, -0.25) is 4.79 Å². The quantitative estimate of drug-likeness (QED) is 0.650. The van der Waals surface area contributed by atoms with E-state index in [0.29, 0.717) is 0 Å². The second-order valence-electron chi connectivity index (χ2n) is 2.42. The number of hydrogen-bond donors (Lipinski definition) is 0. The van der Waals surface area contributed by atoms with Gasteiger partial charge in [-0.15, -0.1) is 11.3 Å². The molecule has 11 heavy (non-hydrogen) atoms. The summed E-state index contributed by atoms with van der Waals surface area (Å²) in [5.41, 5.74) is 0. The summed E-state index contributed by atoms with van der Waals surface area (Å²) in [4.78, 5) is 15.7. The summed E-state index contributed by atoms with van der Waals surface area (Å²) in [6, 6.07) is 0. The highest BCUT2D eigenvalue weighted by molar-refractivity contribution is 7.13. The molecule has 1 heterocycles. The van der Waals surface area contributed by atoms with Gasteiger partial charge in [-0.2, -0.15) is 0 Å². The minimum atomic E-state index is 0.116. The Labute approximate surface area is 70.3 Å². The first kappa shape index (κ1) is 8.40. The topological polar surface area (TPSA) is 30.0 Å². The summed E-state index contributed by atoms with van der Waals surface area (Å²) in [7, 11) is 0. The van der Waals surface area contributed by atoms with Crippen LogP contribution in [0.1, 0.15) is 34.9 Å². The number of thiazole rings is 1. The Kier molecular flexibility index (Phi) is 2.76. The van der Waals surface area contributed by atoms with Gasteiger partial charge in [0.15, 0.2) is 5.78 Å². The van der Waals surface area contributed by atoms with Crippen molar-refractivity contribution in [2.24, 2.45) is 0 Å². The average molecular weight is 169 g/mol. The van der Waals surface area contributed by atoms with Crippen LogP contribution in [0.25, 0.3) is 0 Å². The molecule has 1 aromatic heterocycles. The highest BCUT2D eigenvalue weighted by Gasteiger charge is 2.03. The maximum absolute atomic E-state index is 10.8. The highest BCUT2D eigenvalue weighted by Crippen LogP contribution is 2.14. The zero-order valence-corrected chi connectivity index (χ0v) is 7.57. The SMILES string of the molecule is CCCc1ncc(C(C)=O)s1. The van der Waals surface area contributed by atoms with Gasteiger partial charge in [0.05, 0.1) is 9.88 Å². The fourth-order valence-electron chi connectivity index (χ4n) is 0.802. The molecule has 0 unspecified atom stereocenters. The zero-order chi connectivity index (χ0) is 8.27. The van der Waals surface area contributed by atoms with Gasteiger partial charge in [0.1, 0.15) is 0 Å². The third kappa shape index (κ3) is 2.12. The molecular formula is C8H11NOS. The van der Waals surface area contributed by atoms with E-state index in [1.807, 2.05) is 0 Å². The van der Waals surface area contributed by atoms with Gasteiger partial charge >= 0.3 is 0 Å². The summed E-state index contributed by atoms with van der Waals surface area (Å²) < 4.78 is 0. The van der Waals surface area contributed by atoms with Crippen LogP contribution in [0.5, 0.6) is 0 Å². The van der Waals surface area contributed by atoms with Crippen molar-refractivity contribution in [3.8, 4) is 0 Å². The largest absolute Gasteiger partial charge is 0.294 e. The molecule has 3 heteroatoms. The molecule has 0 aromatic carbocycles. The second-order valence-corrected chi connectivity index (χ2v) is 3.54. The standard InChI is InChI=1S/C8H11NOS/c1-3-4-8-9-5-7(11-8)6(2)10/h5H,3-4H2,1-2H3. The number of carbonyl (C=O) groups is 1. The van der Waals surface area contributed by atoms with E-state index in [9.17, 15) is 4.79 Å². The number of rotatable bonds is 3. The van der Waals surface area contributed by atoms with E-state index in [-0.39, 0.29) is 5.78 Å². The average Bonchev–Trinajstić information content (AvgIpc) is 2.37. The predicted molar refractivity (Wildman–Crippen MR) is 46.1 cm³/mol. The van der Waals surface area contributed by atoms with Gasteiger partial charge in [0.2, 0.25) is 0 Å². The first-order chi connectivity index (χ1) is 5.24. The Morgan fingerprint density at radius 3 is 2.91 bits per heavy atom. The van der Waals surface area contributed by atoms with E-state index in [1.165, 1.54) is 11.3 Å². The maximum atomic E-state index is 10.8. The van der Waals surface area contributed by atoms with Gasteiger partial charge in [0, 0.05) is 13.1 Å². The van der Waals surface area contributed by atoms with Crippen molar-refractivity contribution in [2.45, 2.75) is 26.7 Å². The van der Waals surface area contributed by atoms with Crippen molar-refractivity contribution in [2.75, 3.05) is 0 Å². The molecule has 1 rings (SSSR count). The lowest BCUT2D eigenvalue weighted by Crippen LogP contribution is -1.83. The molecule has 0 N–H and O–H groups in total. The van der Waals surface area contributed by atoms with Crippen LogP contribution < -0.4 is 0 Å². The minimum absolute atomic E-state index is 0.116. The Morgan fingerprint density at radius 2 is 2.45 bits per heavy atom. The normalized spacial score (nSPS) is 10.0. The number of ketones is 1. The summed E-state index contributed by atoms with van der Waals surface area (Å²) in [6.07, 6.45) is 3.74. The summed E-state index contributed by atoms with van der Waals surface area (Å²) in [5.74, 6) is 0.116. The first-order valence-corrected chi connectivity index (χ1v) is 4.51. The van der Waals surface area contributed by atoms with Gasteiger partial charge in [0.25, 0.3) is 0 Å². The summed E-state index contributed by atoms with van der Waals surface area (Å²) in [5, 5.41) is 1.07. The molecule has 1 aromatic rings. The fraction of sp³-hybridized carbons (Fsp3) is 0.500. The van der Waals surface area contributed by atoms with E-state index < -0.39 is 0 Å². The van der Waals surface area contributed by atoms with Crippen molar-refractivity contribution >= 4 is 17.1 Å². The van der Waals surface area contributed by atoms with Crippen LogP contribution in [0.15, 0.2) is 6.20 Å². The van der Waals surface area contributed by atoms with Gasteiger partial charge in [-0.05, 0) is 12.8 Å². The molecule has 0 fully saturated rings. The predicted octanol–water partition coefficient (Wildman–Crippen LogP) is 2.30. The molecule has 0 amide bonds. The van der Waals surface area contributed by atoms with Crippen molar-refractivity contribution in [3.63, 3.8) is 0 Å². The Hall–Kier alpha value is -0.700. The van der Waals surface area contributed by atoms with Crippen molar-refractivity contribution in [1.29, 1.82) is 0 Å². The van der Waals surface area contributed by atoms with E-state index in [0.717, 1.165) is 22.7 Å². The molecular weight excluding hydrogens is 158 g/mol. The maximum Gasteiger partial charge on any atom is 0.171 e. The molecule has 0 saturated carbocycles. The van der Waals surface area contributed by atoms with Crippen LogP contribution in [0.3, 0.4) is 0 Å². The van der Waals surface area contributed by atoms with Gasteiger partial charge in [-0.1, -0.05) is 6.92 Å². The van der Waals surface area contributed by atoms with Gasteiger partial charge < -0.3 is 0 Å².